The number of rotatable bonds is 10. The summed E-state index contributed by atoms with van der Waals surface area (Å²) in [4.78, 5) is 12.1. The SMILES string of the molecule is CS(=O)(=O)c1ccc(OCCCCC(=O)NCCc2ccc(N)cc2)cc1. The average Bonchev–Trinajstić information content (AvgIpc) is 2.63. The molecule has 27 heavy (non-hydrogen) atoms. The van der Waals surface area contributed by atoms with Gasteiger partial charge >= 0.3 is 0 Å². The standard InChI is InChI=1S/C20H26N2O4S/c1-27(24,25)19-11-9-18(10-12-19)26-15-3-2-4-20(23)22-14-13-16-5-7-17(21)8-6-16/h5-12H,2-4,13-15,21H2,1H3,(H,22,23). The predicted octanol–water partition coefficient (Wildman–Crippen LogP) is 2.58. The van der Waals surface area contributed by atoms with Crippen LogP contribution in [0.2, 0.25) is 0 Å². The summed E-state index contributed by atoms with van der Waals surface area (Å²) in [5, 5.41) is 2.91. The van der Waals surface area contributed by atoms with E-state index in [1.807, 2.05) is 24.3 Å². The smallest absolute Gasteiger partial charge is 0.220 e. The van der Waals surface area contributed by atoms with Gasteiger partial charge in [-0.15, -0.1) is 0 Å². The van der Waals surface area contributed by atoms with Gasteiger partial charge in [0.15, 0.2) is 9.84 Å². The Labute approximate surface area is 160 Å². The van der Waals surface area contributed by atoms with Crippen molar-refractivity contribution in [2.75, 3.05) is 25.1 Å². The number of nitrogens with two attached hydrogens (primary N) is 1. The number of hydrogen-bond donors (Lipinski definition) is 2. The highest BCUT2D eigenvalue weighted by Gasteiger charge is 2.06. The van der Waals surface area contributed by atoms with Gasteiger partial charge in [-0.3, -0.25) is 4.79 Å². The Bertz CT molecular complexity index is 831. The molecule has 2 rings (SSSR count). The van der Waals surface area contributed by atoms with E-state index >= 15 is 0 Å². The Kier molecular flexibility index (Phi) is 7.67. The molecule has 0 saturated heterocycles. The van der Waals surface area contributed by atoms with Crippen LogP contribution in [-0.2, 0) is 21.1 Å². The van der Waals surface area contributed by atoms with Gasteiger partial charge in [0.25, 0.3) is 0 Å². The molecular formula is C20H26N2O4S. The number of anilines is 1. The number of benzene rings is 2. The van der Waals surface area contributed by atoms with Crippen molar-refractivity contribution in [1.82, 2.24) is 5.32 Å². The highest BCUT2D eigenvalue weighted by atomic mass is 32.2. The summed E-state index contributed by atoms with van der Waals surface area (Å²) in [6.45, 7) is 1.09. The molecule has 0 aliphatic rings. The first-order valence-electron chi connectivity index (χ1n) is 8.88. The number of unbranched alkanes of at least 4 members (excludes halogenated alkanes) is 1. The molecule has 6 nitrogen and oxygen atoms in total. The first kappa shape index (κ1) is 20.8. The highest BCUT2D eigenvalue weighted by molar-refractivity contribution is 7.90. The third kappa shape index (κ3) is 7.70. The van der Waals surface area contributed by atoms with E-state index in [-0.39, 0.29) is 10.8 Å². The van der Waals surface area contributed by atoms with Crippen molar-refractivity contribution in [2.24, 2.45) is 0 Å². The van der Waals surface area contributed by atoms with Crippen LogP contribution < -0.4 is 15.8 Å². The molecule has 3 N–H and O–H groups in total. The molecule has 0 fully saturated rings. The fourth-order valence-electron chi connectivity index (χ4n) is 2.48. The Morgan fingerprint density at radius 1 is 1.04 bits per heavy atom. The van der Waals surface area contributed by atoms with Gasteiger partial charge in [0.2, 0.25) is 5.91 Å². The van der Waals surface area contributed by atoms with E-state index in [0.29, 0.717) is 25.3 Å². The lowest BCUT2D eigenvalue weighted by Gasteiger charge is -2.08. The van der Waals surface area contributed by atoms with Crippen LogP contribution in [0.15, 0.2) is 53.4 Å². The van der Waals surface area contributed by atoms with Crippen LogP contribution in [0, 0.1) is 0 Å². The normalized spacial score (nSPS) is 11.1. The minimum atomic E-state index is -3.19. The van der Waals surface area contributed by atoms with Crippen LogP contribution >= 0.6 is 0 Å². The Balaban J connectivity index is 1.57. The van der Waals surface area contributed by atoms with E-state index < -0.39 is 9.84 Å². The summed E-state index contributed by atoms with van der Waals surface area (Å²) in [6.07, 6.45) is 3.88. The van der Waals surface area contributed by atoms with Crippen molar-refractivity contribution < 1.29 is 17.9 Å². The van der Waals surface area contributed by atoms with Crippen molar-refractivity contribution in [1.29, 1.82) is 0 Å². The van der Waals surface area contributed by atoms with E-state index in [9.17, 15) is 13.2 Å². The zero-order valence-electron chi connectivity index (χ0n) is 15.5. The molecule has 2 aromatic carbocycles. The molecule has 0 saturated carbocycles. The number of carbonyl (C=O) groups excluding carboxylic acids is 1. The molecule has 146 valence electrons. The molecule has 0 aliphatic carbocycles. The molecule has 1 amide bonds. The van der Waals surface area contributed by atoms with E-state index in [2.05, 4.69) is 5.32 Å². The van der Waals surface area contributed by atoms with Crippen LogP contribution in [0.25, 0.3) is 0 Å². The Hall–Kier alpha value is -2.54. The molecule has 0 radical (unpaired) electrons. The quantitative estimate of drug-likeness (QED) is 0.480. The second-order valence-corrected chi connectivity index (χ2v) is 8.41. The molecule has 7 heteroatoms. The summed E-state index contributed by atoms with van der Waals surface area (Å²) in [5.74, 6) is 0.651. The predicted molar refractivity (Wildman–Crippen MR) is 106 cm³/mol. The Morgan fingerprint density at radius 2 is 1.70 bits per heavy atom. The maximum absolute atomic E-state index is 11.8. The van der Waals surface area contributed by atoms with Crippen LogP contribution in [0.5, 0.6) is 5.75 Å². The summed E-state index contributed by atoms with van der Waals surface area (Å²) < 4.78 is 28.4. The zero-order chi connectivity index (χ0) is 19.7. The third-order valence-corrected chi connectivity index (χ3v) is 5.16. The van der Waals surface area contributed by atoms with Gasteiger partial charge in [-0.25, -0.2) is 8.42 Å². The van der Waals surface area contributed by atoms with Crippen LogP contribution in [0.4, 0.5) is 5.69 Å². The van der Waals surface area contributed by atoms with Gasteiger partial charge in [-0.05, 0) is 61.2 Å². The maximum atomic E-state index is 11.8. The summed E-state index contributed by atoms with van der Waals surface area (Å²) in [5.41, 5.74) is 7.51. The minimum Gasteiger partial charge on any atom is -0.494 e. The fourth-order valence-corrected chi connectivity index (χ4v) is 3.11. The number of ether oxygens (including phenoxy) is 1. The van der Waals surface area contributed by atoms with Gasteiger partial charge < -0.3 is 15.8 Å². The lowest BCUT2D eigenvalue weighted by atomic mass is 10.1. The van der Waals surface area contributed by atoms with Crippen molar-refractivity contribution in [3.05, 3.63) is 54.1 Å². The van der Waals surface area contributed by atoms with E-state index in [1.165, 1.54) is 18.4 Å². The fraction of sp³-hybridized carbons (Fsp3) is 0.350. The lowest BCUT2D eigenvalue weighted by Crippen LogP contribution is -2.25. The topological polar surface area (TPSA) is 98.5 Å². The second-order valence-electron chi connectivity index (χ2n) is 6.39. The Morgan fingerprint density at radius 3 is 2.33 bits per heavy atom. The number of hydrogen-bond acceptors (Lipinski definition) is 5. The van der Waals surface area contributed by atoms with Crippen molar-refractivity contribution in [2.45, 2.75) is 30.6 Å². The molecule has 0 atom stereocenters. The number of carbonyl (C=O) groups is 1. The van der Waals surface area contributed by atoms with Gasteiger partial charge in [0.05, 0.1) is 11.5 Å². The lowest BCUT2D eigenvalue weighted by molar-refractivity contribution is -0.121. The van der Waals surface area contributed by atoms with Gasteiger partial charge in [-0.2, -0.15) is 0 Å². The summed E-state index contributed by atoms with van der Waals surface area (Å²) >= 11 is 0. The third-order valence-electron chi connectivity index (χ3n) is 4.03. The van der Waals surface area contributed by atoms with Gasteiger partial charge in [-0.1, -0.05) is 12.1 Å². The molecule has 0 aliphatic heterocycles. The van der Waals surface area contributed by atoms with Crippen LogP contribution in [-0.4, -0.2) is 33.7 Å². The molecular weight excluding hydrogens is 364 g/mol. The van der Waals surface area contributed by atoms with E-state index in [0.717, 1.165) is 30.5 Å². The first-order chi connectivity index (χ1) is 12.8. The minimum absolute atomic E-state index is 0.0305. The monoisotopic (exact) mass is 390 g/mol. The van der Waals surface area contributed by atoms with Crippen LogP contribution in [0.3, 0.4) is 0 Å². The molecule has 0 unspecified atom stereocenters. The molecule has 0 heterocycles. The molecule has 2 aromatic rings. The largest absolute Gasteiger partial charge is 0.494 e. The summed E-state index contributed by atoms with van der Waals surface area (Å²) in [6, 6.07) is 14.0. The molecule has 0 spiro atoms. The van der Waals surface area contributed by atoms with Crippen molar-refractivity contribution in [3.63, 3.8) is 0 Å². The van der Waals surface area contributed by atoms with Gasteiger partial charge in [0.1, 0.15) is 5.75 Å². The first-order valence-corrected chi connectivity index (χ1v) is 10.8. The van der Waals surface area contributed by atoms with Crippen LogP contribution in [0.1, 0.15) is 24.8 Å². The number of nitrogen functional groups attached to an aromatic ring is 1. The summed E-state index contributed by atoms with van der Waals surface area (Å²) in [7, 11) is -3.19. The van der Waals surface area contributed by atoms with Crippen molar-refractivity contribution in [3.8, 4) is 5.75 Å². The maximum Gasteiger partial charge on any atom is 0.220 e. The average molecular weight is 391 g/mol. The highest BCUT2D eigenvalue weighted by Crippen LogP contribution is 2.16. The van der Waals surface area contributed by atoms with Crippen molar-refractivity contribution >= 4 is 21.4 Å². The number of nitrogens with one attached hydrogen (secondary N) is 1. The van der Waals surface area contributed by atoms with E-state index in [1.54, 1.807) is 12.1 Å². The zero-order valence-corrected chi connectivity index (χ0v) is 16.3. The van der Waals surface area contributed by atoms with Gasteiger partial charge in [0, 0.05) is 24.9 Å². The number of amides is 1. The molecule has 0 bridgehead atoms. The number of sulfone groups is 1. The molecule has 0 aromatic heterocycles. The van der Waals surface area contributed by atoms with E-state index in [4.69, 9.17) is 10.5 Å². The second kappa shape index (κ2) is 9.97.